The van der Waals surface area contributed by atoms with Gasteiger partial charge >= 0.3 is 0 Å². The molecule has 11 heteroatoms. The van der Waals surface area contributed by atoms with Crippen LogP contribution in [0.3, 0.4) is 0 Å². The minimum atomic E-state index is -3.58. The summed E-state index contributed by atoms with van der Waals surface area (Å²) in [5.41, 5.74) is 6.24. The van der Waals surface area contributed by atoms with E-state index < -0.39 is 22.1 Å². The number of phenols is 1. The number of nitrogen functional groups attached to an aromatic ring is 1. The second-order valence-corrected chi connectivity index (χ2v) is 11.2. The van der Waals surface area contributed by atoms with Gasteiger partial charge in [0.1, 0.15) is 23.7 Å². The van der Waals surface area contributed by atoms with Gasteiger partial charge in [-0.05, 0) is 43.4 Å². The summed E-state index contributed by atoms with van der Waals surface area (Å²) in [6, 6.07) is 3.08. The lowest BCUT2D eigenvalue weighted by atomic mass is 9.84. The first-order valence-corrected chi connectivity index (χ1v) is 13.5. The number of nitrogens with two attached hydrogens (primary N) is 1. The van der Waals surface area contributed by atoms with Crippen LogP contribution in [0, 0.1) is 11.3 Å². The minimum absolute atomic E-state index is 0.110. The van der Waals surface area contributed by atoms with E-state index in [0.717, 1.165) is 25.7 Å². The zero-order chi connectivity index (χ0) is 24.9. The first-order valence-electron chi connectivity index (χ1n) is 11.9. The Balaban J connectivity index is 1.63. The van der Waals surface area contributed by atoms with Gasteiger partial charge in [-0.1, -0.05) is 38.2 Å². The highest BCUT2D eigenvalue weighted by Crippen LogP contribution is 2.29. The topological polar surface area (TPSA) is 166 Å². The van der Waals surface area contributed by atoms with Crippen molar-refractivity contribution in [3.8, 4) is 5.75 Å². The summed E-state index contributed by atoms with van der Waals surface area (Å²) in [6.07, 6.45) is 6.26. The number of sulfonamides is 1. The fraction of sp³-hybridized carbons (Fsp3) is 0.609. The Hall–Kier alpha value is -2.66. The maximum atomic E-state index is 13.3. The van der Waals surface area contributed by atoms with Crippen LogP contribution < -0.4 is 15.8 Å². The molecule has 2 unspecified atom stereocenters. The van der Waals surface area contributed by atoms with Gasteiger partial charge in [-0.3, -0.25) is 15.0 Å². The van der Waals surface area contributed by atoms with Crippen molar-refractivity contribution in [3.63, 3.8) is 0 Å². The van der Waals surface area contributed by atoms with E-state index >= 15 is 0 Å². The van der Waals surface area contributed by atoms with Crippen LogP contribution in [0.1, 0.15) is 63.0 Å². The SMILES string of the molecule is CCS(=O)(=O)NC(CC1CCCCC1)C(=O)N1CCC1C(=O)NCc1ccc(C(=N)N)c(O)c1. The third kappa shape index (κ3) is 6.47. The average Bonchev–Trinajstić information content (AvgIpc) is 2.77. The standard InChI is InChI=1S/C23H35N5O5S/c1-2-34(32,33)27-18(12-15-6-4-3-5-7-15)23(31)28-11-10-19(28)22(30)26-14-16-8-9-17(21(24)25)20(29)13-16/h8-9,13,15,18-19,27,29H,2-7,10-12,14H2,1H3,(H3,24,25)(H,26,30). The molecular weight excluding hydrogens is 458 g/mol. The molecule has 0 bridgehead atoms. The van der Waals surface area contributed by atoms with E-state index in [9.17, 15) is 23.1 Å². The minimum Gasteiger partial charge on any atom is -0.507 e. The molecule has 10 nitrogen and oxygen atoms in total. The predicted molar refractivity (Wildman–Crippen MR) is 129 cm³/mol. The second-order valence-electron chi connectivity index (χ2n) is 9.13. The lowest BCUT2D eigenvalue weighted by molar-refractivity contribution is -0.149. The number of amides is 2. The Morgan fingerprint density at radius 3 is 2.50 bits per heavy atom. The summed E-state index contributed by atoms with van der Waals surface area (Å²) in [4.78, 5) is 27.5. The fourth-order valence-electron chi connectivity index (χ4n) is 4.60. The molecule has 0 aromatic heterocycles. The molecule has 6 N–H and O–H groups in total. The Kier molecular flexibility index (Phi) is 8.53. The Morgan fingerprint density at radius 1 is 1.24 bits per heavy atom. The molecule has 2 atom stereocenters. The molecular formula is C23H35N5O5S. The lowest BCUT2D eigenvalue weighted by Gasteiger charge is -2.42. The molecule has 0 radical (unpaired) electrons. The summed E-state index contributed by atoms with van der Waals surface area (Å²) in [6.45, 7) is 2.07. The largest absolute Gasteiger partial charge is 0.507 e. The van der Waals surface area contributed by atoms with Crippen molar-refractivity contribution in [2.24, 2.45) is 11.7 Å². The van der Waals surface area contributed by atoms with Crippen LogP contribution in [0.25, 0.3) is 0 Å². The lowest BCUT2D eigenvalue weighted by Crippen LogP contribution is -2.62. The highest BCUT2D eigenvalue weighted by Gasteiger charge is 2.41. The van der Waals surface area contributed by atoms with Crippen LogP contribution in [0.4, 0.5) is 0 Å². The molecule has 1 aliphatic carbocycles. The highest BCUT2D eigenvalue weighted by molar-refractivity contribution is 7.89. The molecule has 1 aliphatic heterocycles. The van der Waals surface area contributed by atoms with E-state index in [0.29, 0.717) is 30.9 Å². The van der Waals surface area contributed by atoms with Crippen LogP contribution in [-0.4, -0.2) is 60.5 Å². The van der Waals surface area contributed by atoms with E-state index in [1.54, 1.807) is 6.07 Å². The zero-order valence-electron chi connectivity index (χ0n) is 19.5. The van der Waals surface area contributed by atoms with Crippen molar-refractivity contribution < 1.29 is 23.1 Å². The number of rotatable bonds is 10. The van der Waals surface area contributed by atoms with E-state index in [1.807, 2.05) is 0 Å². The van der Waals surface area contributed by atoms with Gasteiger partial charge in [0, 0.05) is 13.1 Å². The van der Waals surface area contributed by atoms with Crippen molar-refractivity contribution >= 4 is 27.7 Å². The van der Waals surface area contributed by atoms with Gasteiger partial charge in [0.2, 0.25) is 21.8 Å². The first kappa shape index (κ1) is 26.0. The highest BCUT2D eigenvalue weighted by atomic mass is 32.2. The van der Waals surface area contributed by atoms with E-state index in [-0.39, 0.29) is 41.3 Å². The molecule has 1 aromatic rings. The van der Waals surface area contributed by atoms with Crippen LogP contribution in [0.2, 0.25) is 0 Å². The summed E-state index contributed by atoms with van der Waals surface area (Å²) in [5.74, 6) is -0.893. The van der Waals surface area contributed by atoms with Gasteiger partial charge in [0.15, 0.2) is 0 Å². The van der Waals surface area contributed by atoms with Crippen molar-refractivity contribution in [2.75, 3.05) is 12.3 Å². The van der Waals surface area contributed by atoms with Gasteiger partial charge in [0.25, 0.3) is 0 Å². The van der Waals surface area contributed by atoms with Gasteiger partial charge in [-0.25, -0.2) is 13.1 Å². The van der Waals surface area contributed by atoms with Gasteiger partial charge in [-0.15, -0.1) is 0 Å². The Bertz CT molecular complexity index is 1020. The van der Waals surface area contributed by atoms with Gasteiger partial charge in [0.05, 0.1) is 11.3 Å². The summed E-state index contributed by atoms with van der Waals surface area (Å²) in [5, 5.41) is 20.2. The summed E-state index contributed by atoms with van der Waals surface area (Å²) >= 11 is 0. The number of carbonyl (C=O) groups is 2. The number of likely N-dealkylation sites (tertiary alicyclic amines) is 1. The van der Waals surface area contributed by atoms with Crippen LogP contribution >= 0.6 is 0 Å². The third-order valence-corrected chi connectivity index (χ3v) is 8.12. The molecule has 1 aromatic carbocycles. The number of hydrogen-bond donors (Lipinski definition) is 5. The molecule has 0 spiro atoms. The number of aromatic hydroxyl groups is 1. The van der Waals surface area contributed by atoms with Crippen LogP contribution in [-0.2, 0) is 26.2 Å². The Morgan fingerprint density at radius 2 is 1.94 bits per heavy atom. The van der Waals surface area contributed by atoms with E-state index in [1.165, 1.54) is 30.4 Å². The first-order chi connectivity index (χ1) is 16.1. The van der Waals surface area contributed by atoms with Crippen LogP contribution in [0.15, 0.2) is 18.2 Å². The molecule has 1 saturated heterocycles. The fourth-order valence-corrected chi connectivity index (χ4v) is 5.40. The Labute approximate surface area is 200 Å². The second kappa shape index (κ2) is 11.2. The third-order valence-electron chi connectivity index (χ3n) is 6.72. The zero-order valence-corrected chi connectivity index (χ0v) is 20.4. The smallest absolute Gasteiger partial charge is 0.243 e. The molecule has 2 amide bonds. The number of hydrogen-bond acceptors (Lipinski definition) is 6. The molecule has 1 saturated carbocycles. The van der Waals surface area contributed by atoms with Crippen molar-refractivity contribution in [1.29, 1.82) is 5.41 Å². The predicted octanol–water partition coefficient (Wildman–Crippen LogP) is 1.17. The van der Waals surface area contributed by atoms with Gasteiger partial charge < -0.3 is 21.1 Å². The van der Waals surface area contributed by atoms with Crippen molar-refractivity contribution in [2.45, 2.75) is 70.5 Å². The average molecular weight is 494 g/mol. The summed E-state index contributed by atoms with van der Waals surface area (Å²) in [7, 11) is -3.58. The van der Waals surface area contributed by atoms with Crippen molar-refractivity contribution in [3.05, 3.63) is 29.3 Å². The molecule has 3 rings (SSSR count). The summed E-state index contributed by atoms with van der Waals surface area (Å²) < 4.78 is 27.1. The monoisotopic (exact) mass is 493 g/mol. The van der Waals surface area contributed by atoms with Crippen LogP contribution in [0.5, 0.6) is 5.75 Å². The maximum Gasteiger partial charge on any atom is 0.243 e. The maximum absolute atomic E-state index is 13.3. The number of benzene rings is 1. The normalized spacial score (nSPS) is 19.8. The molecule has 2 aliphatic rings. The number of amidine groups is 1. The van der Waals surface area contributed by atoms with Gasteiger partial charge in [-0.2, -0.15) is 0 Å². The molecule has 2 fully saturated rings. The number of phenolic OH excluding ortho intramolecular Hbond substituents is 1. The molecule has 34 heavy (non-hydrogen) atoms. The number of nitrogens with one attached hydrogen (secondary N) is 3. The number of carbonyl (C=O) groups excluding carboxylic acids is 2. The quantitative estimate of drug-likeness (QED) is 0.242. The molecule has 188 valence electrons. The van der Waals surface area contributed by atoms with Crippen molar-refractivity contribution in [1.82, 2.24) is 14.9 Å². The number of nitrogens with zero attached hydrogens (tertiary/aromatic N) is 1. The van der Waals surface area contributed by atoms with E-state index in [2.05, 4.69) is 10.0 Å². The van der Waals surface area contributed by atoms with E-state index in [4.69, 9.17) is 11.1 Å². The molecule has 1 heterocycles.